The number of hydrogen-bond donors (Lipinski definition) is 3. The molecule has 0 aromatic carbocycles. The van der Waals surface area contributed by atoms with Crippen molar-refractivity contribution in [2.24, 2.45) is 11.8 Å². The number of nitrogens with zero attached hydrogens (tertiary/aromatic N) is 1. The van der Waals surface area contributed by atoms with Gasteiger partial charge in [0.05, 0.1) is 6.61 Å². The summed E-state index contributed by atoms with van der Waals surface area (Å²) in [5.41, 5.74) is 0. The van der Waals surface area contributed by atoms with Crippen molar-refractivity contribution >= 4 is 17.8 Å². The maximum absolute atomic E-state index is 12.6. The standard InChI is InChI=1S/C20H33N3O3.C2HF3O2/c1-3-17(20(25)26-4-2)14-22-18-6-5-13-23(15-18)19(24)8-7-16-9-11-21-12-10-16;3-2(4,5)1(6)7/h1,16-18,21-22H,4-15H2,2H3;(H,6,7)/t17-,18+;/m0./s1. The molecular formula is C22H34F3N3O5. The van der Waals surface area contributed by atoms with E-state index in [9.17, 15) is 22.8 Å². The molecule has 11 heteroatoms. The van der Waals surface area contributed by atoms with Crippen LogP contribution in [0.3, 0.4) is 0 Å². The number of esters is 1. The van der Waals surface area contributed by atoms with Crippen LogP contribution in [0.15, 0.2) is 0 Å². The number of carboxylic acid groups (broad SMARTS) is 1. The highest BCUT2D eigenvalue weighted by molar-refractivity contribution is 5.76. The number of carbonyl (C=O) groups is 3. The molecule has 2 fully saturated rings. The molecular weight excluding hydrogens is 443 g/mol. The van der Waals surface area contributed by atoms with Gasteiger partial charge in [-0.15, -0.1) is 6.42 Å². The Labute approximate surface area is 192 Å². The first kappa shape index (κ1) is 28.7. The first-order valence-electron chi connectivity index (χ1n) is 11.2. The minimum Gasteiger partial charge on any atom is -0.475 e. The zero-order valence-electron chi connectivity index (χ0n) is 19.0. The van der Waals surface area contributed by atoms with Gasteiger partial charge in [0.15, 0.2) is 0 Å². The number of carbonyl (C=O) groups excluding carboxylic acids is 2. The van der Waals surface area contributed by atoms with Crippen molar-refractivity contribution in [3.63, 3.8) is 0 Å². The number of rotatable bonds is 8. The average Bonchev–Trinajstić information content (AvgIpc) is 2.79. The zero-order valence-corrected chi connectivity index (χ0v) is 19.0. The minimum absolute atomic E-state index is 0.192. The van der Waals surface area contributed by atoms with Crippen LogP contribution in [0, 0.1) is 24.2 Å². The van der Waals surface area contributed by atoms with Crippen LogP contribution >= 0.6 is 0 Å². The van der Waals surface area contributed by atoms with Crippen LogP contribution < -0.4 is 10.6 Å². The van der Waals surface area contributed by atoms with Crippen molar-refractivity contribution < 1.29 is 37.4 Å². The maximum Gasteiger partial charge on any atom is 0.490 e. The fourth-order valence-electron chi connectivity index (χ4n) is 3.76. The van der Waals surface area contributed by atoms with E-state index in [0.29, 0.717) is 32.0 Å². The van der Waals surface area contributed by atoms with Crippen LogP contribution in [-0.4, -0.2) is 79.4 Å². The van der Waals surface area contributed by atoms with Gasteiger partial charge in [-0.05, 0) is 58.0 Å². The van der Waals surface area contributed by atoms with Gasteiger partial charge in [0.2, 0.25) is 5.91 Å². The second kappa shape index (κ2) is 14.8. The number of carboxylic acids is 1. The monoisotopic (exact) mass is 477 g/mol. The van der Waals surface area contributed by atoms with Crippen LogP contribution in [-0.2, 0) is 19.1 Å². The van der Waals surface area contributed by atoms with Gasteiger partial charge in [-0.2, -0.15) is 13.2 Å². The zero-order chi connectivity index (χ0) is 24.9. The molecule has 8 nitrogen and oxygen atoms in total. The fraction of sp³-hybridized carbons (Fsp3) is 0.773. The van der Waals surface area contributed by atoms with E-state index in [-0.39, 0.29) is 17.9 Å². The Morgan fingerprint density at radius 2 is 1.91 bits per heavy atom. The first-order valence-corrected chi connectivity index (χ1v) is 11.2. The van der Waals surface area contributed by atoms with E-state index in [4.69, 9.17) is 21.1 Å². The van der Waals surface area contributed by atoms with Crippen LogP contribution in [0.5, 0.6) is 0 Å². The molecule has 2 atom stereocenters. The van der Waals surface area contributed by atoms with Crippen molar-refractivity contribution in [1.29, 1.82) is 0 Å². The lowest BCUT2D eigenvalue weighted by Crippen LogP contribution is -2.49. The molecule has 0 radical (unpaired) electrons. The SMILES string of the molecule is C#C[C@@H](CN[C@@H]1CCCN(C(=O)CCC2CCNCC2)C1)C(=O)OCC.O=C(O)C(F)(F)F. The molecule has 3 N–H and O–H groups in total. The molecule has 0 aromatic rings. The predicted octanol–water partition coefficient (Wildman–Crippen LogP) is 1.79. The number of halogens is 3. The van der Waals surface area contributed by atoms with E-state index >= 15 is 0 Å². The summed E-state index contributed by atoms with van der Waals surface area (Å²) >= 11 is 0. The highest BCUT2D eigenvalue weighted by atomic mass is 19.4. The number of nitrogens with one attached hydrogen (secondary N) is 2. The quantitative estimate of drug-likeness (QED) is 0.361. The van der Waals surface area contributed by atoms with Gasteiger partial charge in [-0.25, -0.2) is 4.79 Å². The van der Waals surface area contributed by atoms with Gasteiger partial charge in [0.25, 0.3) is 0 Å². The van der Waals surface area contributed by atoms with Gasteiger partial charge < -0.3 is 25.4 Å². The van der Waals surface area contributed by atoms with Crippen LogP contribution in [0.25, 0.3) is 0 Å². The highest BCUT2D eigenvalue weighted by Crippen LogP contribution is 2.20. The van der Waals surface area contributed by atoms with Crippen LogP contribution in [0.2, 0.25) is 0 Å². The predicted molar refractivity (Wildman–Crippen MR) is 115 cm³/mol. The van der Waals surface area contributed by atoms with Crippen LogP contribution in [0.1, 0.15) is 45.4 Å². The first-order chi connectivity index (χ1) is 15.6. The van der Waals surface area contributed by atoms with Crippen molar-refractivity contribution in [2.45, 2.75) is 57.7 Å². The summed E-state index contributed by atoms with van der Waals surface area (Å²) in [6.45, 7) is 6.19. The Morgan fingerprint density at radius 1 is 1.27 bits per heavy atom. The van der Waals surface area contributed by atoms with E-state index in [1.165, 1.54) is 12.8 Å². The molecule has 2 aliphatic rings. The van der Waals surface area contributed by atoms with Crippen LogP contribution in [0.4, 0.5) is 13.2 Å². The molecule has 0 saturated carbocycles. The van der Waals surface area contributed by atoms with Gasteiger partial charge in [0.1, 0.15) is 5.92 Å². The number of aliphatic carboxylic acids is 1. The molecule has 2 aliphatic heterocycles. The van der Waals surface area contributed by atoms with Gasteiger partial charge in [-0.1, -0.05) is 5.92 Å². The molecule has 0 unspecified atom stereocenters. The number of ether oxygens (including phenoxy) is 1. The maximum atomic E-state index is 12.6. The molecule has 1 amide bonds. The minimum atomic E-state index is -5.08. The summed E-state index contributed by atoms with van der Waals surface area (Å²) in [5, 5.41) is 13.8. The van der Waals surface area contributed by atoms with E-state index < -0.39 is 18.1 Å². The lowest BCUT2D eigenvalue weighted by Gasteiger charge is -2.34. The van der Waals surface area contributed by atoms with E-state index in [1.54, 1.807) is 6.92 Å². The molecule has 33 heavy (non-hydrogen) atoms. The largest absolute Gasteiger partial charge is 0.490 e. The fourth-order valence-corrected chi connectivity index (χ4v) is 3.76. The molecule has 0 aromatic heterocycles. The molecule has 2 rings (SSSR count). The van der Waals surface area contributed by atoms with Gasteiger partial charge in [-0.3, -0.25) is 9.59 Å². The molecule has 2 saturated heterocycles. The summed E-state index contributed by atoms with van der Waals surface area (Å²) in [7, 11) is 0. The Kier molecular flexibility index (Phi) is 12.8. The smallest absolute Gasteiger partial charge is 0.475 e. The number of hydrogen-bond acceptors (Lipinski definition) is 6. The third-order valence-electron chi connectivity index (χ3n) is 5.62. The summed E-state index contributed by atoms with van der Waals surface area (Å²) in [6.07, 6.45) is 6.35. The third-order valence-corrected chi connectivity index (χ3v) is 5.62. The number of amides is 1. The summed E-state index contributed by atoms with van der Waals surface area (Å²) in [4.78, 5) is 35.2. The second-order valence-electron chi connectivity index (χ2n) is 8.09. The number of alkyl halides is 3. The summed E-state index contributed by atoms with van der Waals surface area (Å²) in [5.74, 6) is -0.246. The number of terminal acetylenes is 1. The highest BCUT2D eigenvalue weighted by Gasteiger charge is 2.38. The molecule has 0 spiro atoms. The van der Waals surface area contributed by atoms with Crippen molar-refractivity contribution in [3.8, 4) is 12.3 Å². The Hall–Kier alpha value is -2.32. The van der Waals surface area contributed by atoms with Crippen molar-refractivity contribution in [3.05, 3.63) is 0 Å². The van der Waals surface area contributed by atoms with E-state index in [0.717, 1.165) is 38.9 Å². The van der Waals surface area contributed by atoms with Crippen molar-refractivity contribution in [2.75, 3.05) is 39.3 Å². The van der Waals surface area contributed by atoms with Gasteiger partial charge >= 0.3 is 18.1 Å². The average molecular weight is 478 g/mol. The normalized spacial score (nSPS) is 20.1. The Morgan fingerprint density at radius 3 is 2.45 bits per heavy atom. The number of likely N-dealkylation sites (tertiary alicyclic amines) is 1. The second-order valence-corrected chi connectivity index (χ2v) is 8.09. The molecule has 188 valence electrons. The van der Waals surface area contributed by atoms with Crippen molar-refractivity contribution in [1.82, 2.24) is 15.5 Å². The summed E-state index contributed by atoms with van der Waals surface area (Å²) in [6, 6.07) is 0.192. The molecule has 2 heterocycles. The summed E-state index contributed by atoms with van der Waals surface area (Å²) < 4.78 is 36.7. The topological polar surface area (TPSA) is 108 Å². The third kappa shape index (κ3) is 11.4. The Bertz CT molecular complexity index is 675. The number of piperidine rings is 2. The lowest BCUT2D eigenvalue weighted by atomic mass is 9.92. The van der Waals surface area contributed by atoms with E-state index in [1.807, 2.05) is 4.90 Å². The molecule has 0 bridgehead atoms. The Balaban J connectivity index is 0.000000675. The van der Waals surface area contributed by atoms with Gasteiger partial charge in [0, 0.05) is 32.1 Å². The van der Waals surface area contributed by atoms with E-state index in [2.05, 4.69) is 16.6 Å². The molecule has 0 aliphatic carbocycles. The lowest BCUT2D eigenvalue weighted by molar-refractivity contribution is -0.192.